The van der Waals surface area contributed by atoms with Gasteiger partial charge in [-0.25, -0.2) is 4.79 Å². The number of hydrogen-bond acceptors (Lipinski definition) is 2. The molecule has 0 aliphatic carbocycles. The minimum atomic E-state index is 0.0678. The summed E-state index contributed by atoms with van der Waals surface area (Å²) in [6, 6.07) is 8.11. The average Bonchev–Trinajstić information content (AvgIpc) is 2.47. The summed E-state index contributed by atoms with van der Waals surface area (Å²) >= 11 is 0. The number of carbonyl (C=O) groups is 1. The Hall–Kier alpha value is -1.71. The van der Waals surface area contributed by atoms with Crippen LogP contribution in [0.2, 0.25) is 0 Å². The van der Waals surface area contributed by atoms with Crippen LogP contribution in [0.15, 0.2) is 24.3 Å². The Morgan fingerprint density at radius 1 is 1.35 bits per heavy atom. The molecule has 2 unspecified atom stereocenters. The quantitative estimate of drug-likeness (QED) is 0.855. The van der Waals surface area contributed by atoms with Crippen molar-refractivity contribution >= 4 is 6.03 Å². The molecule has 1 N–H and O–H groups in total. The number of rotatable bonds is 1. The minimum Gasteiger partial charge on any atom is -0.493 e. The van der Waals surface area contributed by atoms with E-state index in [-0.39, 0.29) is 12.1 Å². The van der Waals surface area contributed by atoms with Gasteiger partial charge in [-0.2, -0.15) is 0 Å². The molecule has 2 aliphatic rings. The highest BCUT2D eigenvalue weighted by molar-refractivity contribution is 5.75. The zero-order chi connectivity index (χ0) is 13.9. The zero-order valence-electron chi connectivity index (χ0n) is 12.0. The molecule has 0 aromatic heterocycles. The fourth-order valence-corrected chi connectivity index (χ4v) is 3.11. The van der Waals surface area contributed by atoms with Gasteiger partial charge in [0.2, 0.25) is 0 Å². The number of nitrogens with zero attached hydrogens (tertiary/aromatic N) is 1. The molecule has 0 bridgehead atoms. The molecule has 2 atom stereocenters. The highest BCUT2D eigenvalue weighted by Crippen LogP contribution is 2.31. The van der Waals surface area contributed by atoms with E-state index in [0.717, 1.165) is 37.2 Å². The second-order valence-corrected chi connectivity index (χ2v) is 5.87. The molecule has 1 saturated heterocycles. The van der Waals surface area contributed by atoms with E-state index in [0.29, 0.717) is 12.5 Å². The second-order valence-electron chi connectivity index (χ2n) is 5.87. The topological polar surface area (TPSA) is 41.6 Å². The normalized spacial score (nSPS) is 25.6. The summed E-state index contributed by atoms with van der Waals surface area (Å²) in [5, 5.41) is 3.17. The number of likely N-dealkylation sites (tertiary alicyclic amines) is 1. The number of hydrogen-bond donors (Lipinski definition) is 1. The first-order valence-corrected chi connectivity index (χ1v) is 7.51. The Balaban J connectivity index is 1.68. The molecule has 0 spiro atoms. The average molecular weight is 274 g/mol. The Labute approximate surface area is 120 Å². The van der Waals surface area contributed by atoms with Crippen molar-refractivity contribution in [3.05, 3.63) is 29.8 Å². The number of nitrogens with one attached hydrogen (secondary N) is 1. The number of urea groups is 1. The number of piperidine rings is 1. The van der Waals surface area contributed by atoms with E-state index in [1.165, 1.54) is 6.42 Å². The minimum absolute atomic E-state index is 0.0678. The van der Waals surface area contributed by atoms with Crippen molar-refractivity contribution in [2.24, 2.45) is 5.92 Å². The third-order valence-electron chi connectivity index (χ3n) is 4.20. The van der Waals surface area contributed by atoms with E-state index < -0.39 is 0 Å². The molecule has 0 radical (unpaired) electrons. The van der Waals surface area contributed by atoms with Crippen LogP contribution in [0.5, 0.6) is 5.75 Å². The lowest BCUT2D eigenvalue weighted by Crippen LogP contribution is -2.46. The maximum Gasteiger partial charge on any atom is 0.317 e. The second kappa shape index (κ2) is 5.73. The van der Waals surface area contributed by atoms with E-state index in [1.54, 1.807) is 0 Å². The predicted octanol–water partition coefficient (Wildman–Crippen LogP) is 2.95. The molecule has 1 fully saturated rings. The molecular formula is C16H22N2O2. The molecule has 3 rings (SSSR count). The SMILES string of the molecule is CC1CCCN(C(=O)NC2CCOc3ccccc32)C1. The Bertz CT molecular complexity index is 489. The summed E-state index contributed by atoms with van der Waals surface area (Å²) in [5.74, 6) is 1.51. The summed E-state index contributed by atoms with van der Waals surface area (Å²) in [5.41, 5.74) is 1.09. The smallest absolute Gasteiger partial charge is 0.317 e. The first kappa shape index (κ1) is 13.3. The largest absolute Gasteiger partial charge is 0.493 e. The number of carbonyl (C=O) groups excluding carboxylic acids is 1. The van der Waals surface area contributed by atoms with E-state index in [4.69, 9.17) is 4.74 Å². The van der Waals surface area contributed by atoms with Gasteiger partial charge in [0, 0.05) is 25.1 Å². The number of benzene rings is 1. The highest BCUT2D eigenvalue weighted by Gasteiger charge is 2.26. The third kappa shape index (κ3) is 2.74. The van der Waals surface area contributed by atoms with Crippen molar-refractivity contribution in [3.63, 3.8) is 0 Å². The van der Waals surface area contributed by atoms with Crippen LogP contribution in [-0.4, -0.2) is 30.6 Å². The lowest BCUT2D eigenvalue weighted by atomic mass is 9.99. The molecule has 4 heteroatoms. The first-order chi connectivity index (χ1) is 9.74. The van der Waals surface area contributed by atoms with Crippen LogP contribution in [-0.2, 0) is 0 Å². The van der Waals surface area contributed by atoms with Crippen LogP contribution in [0.3, 0.4) is 0 Å². The standard InChI is InChI=1S/C16H22N2O2/c1-12-5-4-9-18(11-12)16(19)17-14-8-10-20-15-7-3-2-6-13(14)15/h2-3,6-7,12,14H,4-5,8-11H2,1H3,(H,17,19). The van der Waals surface area contributed by atoms with Crippen molar-refractivity contribution < 1.29 is 9.53 Å². The van der Waals surface area contributed by atoms with Gasteiger partial charge in [-0.15, -0.1) is 0 Å². The third-order valence-corrected chi connectivity index (χ3v) is 4.20. The number of para-hydroxylation sites is 1. The maximum absolute atomic E-state index is 12.4. The Morgan fingerprint density at radius 3 is 3.05 bits per heavy atom. The Kier molecular flexibility index (Phi) is 3.81. The molecule has 4 nitrogen and oxygen atoms in total. The maximum atomic E-state index is 12.4. The van der Waals surface area contributed by atoms with Crippen molar-refractivity contribution in [1.29, 1.82) is 0 Å². The monoisotopic (exact) mass is 274 g/mol. The lowest BCUT2D eigenvalue weighted by molar-refractivity contribution is 0.161. The van der Waals surface area contributed by atoms with Gasteiger partial charge in [0.1, 0.15) is 5.75 Å². The van der Waals surface area contributed by atoms with Gasteiger partial charge >= 0.3 is 6.03 Å². The van der Waals surface area contributed by atoms with E-state index in [1.807, 2.05) is 29.2 Å². The zero-order valence-corrected chi connectivity index (χ0v) is 12.0. The molecule has 0 saturated carbocycles. The summed E-state index contributed by atoms with van der Waals surface area (Å²) in [7, 11) is 0. The molecule has 108 valence electrons. The van der Waals surface area contributed by atoms with Gasteiger partial charge in [-0.1, -0.05) is 25.1 Å². The Morgan fingerprint density at radius 2 is 2.20 bits per heavy atom. The van der Waals surface area contributed by atoms with E-state index in [2.05, 4.69) is 12.2 Å². The number of fused-ring (bicyclic) bond motifs is 1. The molecular weight excluding hydrogens is 252 g/mol. The summed E-state index contributed by atoms with van der Waals surface area (Å²) in [6.07, 6.45) is 3.18. The van der Waals surface area contributed by atoms with E-state index >= 15 is 0 Å². The molecule has 2 aliphatic heterocycles. The highest BCUT2D eigenvalue weighted by atomic mass is 16.5. The number of amides is 2. The van der Waals surface area contributed by atoms with Crippen LogP contribution in [0.4, 0.5) is 4.79 Å². The van der Waals surface area contributed by atoms with Gasteiger partial charge in [0.15, 0.2) is 0 Å². The first-order valence-electron chi connectivity index (χ1n) is 7.51. The summed E-state index contributed by atoms with van der Waals surface area (Å²) < 4.78 is 5.63. The van der Waals surface area contributed by atoms with Crippen molar-refractivity contribution in [2.45, 2.75) is 32.2 Å². The fourth-order valence-electron chi connectivity index (χ4n) is 3.11. The van der Waals surface area contributed by atoms with Crippen LogP contribution in [0, 0.1) is 5.92 Å². The van der Waals surface area contributed by atoms with Gasteiger partial charge < -0.3 is 15.0 Å². The number of ether oxygens (including phenoxy) is 1. The molecule has 2 amide bonds. The van der Waals surface area contributed by atoms with Crippen LogP contribution in [0.1, 0.15) is 37.8 Å². The van der Waals surface area contributed by atoms with Gasteiger partial charge in [-0.3, -0.25) is 0 Å². The van der Waals surface area contributed by atoms with Crippen molar-refractivity contribution in [3.8, 4) is 5.75 Å². The van der Waals surface area contributed by atoms with Crippen LogP contribution >= 0.6 is 0 Å². The van der Waals surface area contributed by atoms with Gasteiger partial charge in [-0.05, 0) is 24.8 Å². The molecule has 1 aromatic carbocycles. The fraction of sp³-hybridized carbons (Fsp3) is 0.562. The van der Waals surface area contributed by atoms with E-state index in [9.17, 15) is 4.79 Å². The molecule has 20 heavy (non-hydrogen) atoms. The van der Waals surface area contributed by atoms with Crippen LogP contribution < -0.4 is 10.1 Å². The van der Waals surface area contributed by atoms with Gasteiger partial charge in [0.25, 0.3) is 0 Å². The molecule has 1 aromatic rings. The lowest BCUT2D eigenvalue weighted by Gasteiger charge is -2.33. The predicted molar refractivity (Wildman–Crippen MR) is 77.8 cm³/mol. The summed E-state index contributed by atoms with van der Waals surface area (Å²) in [6.45, 7) is 4.62. The van der Waals surface area contributed by atoms with Gasteiger partial charge in [0.05, 0.1) is 12.6 Å². The van der Waals surface area contributed by atoms with Crippen molar-refractivity contribution in [1.82, 2.24) is 10.2 Å². The molecule has 2 heterocycles. The van der Waals surface area contributed by atoms with Crippen molar-refractivity contribution in [2.75, 3.05) is 19.7 Å². The summed E-state index contributed by atoms with van der Waals surface area (Å²) in [4.78, 5) is 14.3. The van der Waals surface area contributed by atoms with Crippen LogP contribution in [0.25, 0.3) is 0 Å².